The topological polar surface area (TPSA) is 50.8 Å². The van der Waals surface area contributed by atoms with E-state index >= 15 is 0 Å². The second-order valence-electron chi connectivity index (χ2n) is 4.46. The Kier molecular flexibility index (Phi) is 2.46. The Morgan fingerprint density at radius 3 is 3.00 bits per heavy atom. The molecule has 0 fully saturated rings. The maximum atomic E-state index is 5.42. The lowest BCUT2D eigenvalue weighted by Crippen LogP contribution is -1.86. The molecular formula is C14H11N3OS. The van der Waals surface area contributed by atoms with Gasteiger partial charge in [-0.3, -0.25) is 5.10 Å². The molecule has 0 atom stereocenters. The van der Waals surface area contributed by atoms with E-state index in [1.165, 1.54) is 11.1 Å². The first-order valence-electron chi connectivity index (χ1n) is 6.06. The fraction of sp³-hybridized carbons (Fsp3) is 0.143. The molecule has 0 aliphatic carbocycles. The molecular weight excluding hydrogens is 258 g/mol. The van der Waals surface area contributed by atoms with Crippen molar-refractivity contribution < 1.29 is 4.74 Å². The Hall–Kier alpha value is -1.98. The van der Waals surface area contributed by atoms with E-state index in [2.05, 4.69) is 33.4 Å². The molecule has 1 aliphatic heterocycles. The molecule has 0 bridgehead atoms. The molecule has 5 heteroatoms. The predicted octanol–water partition coefficient (Wildman–Crippen LogP) is 3.23. The van der Waals surface area contributed by atoms with Crippen LogP contribution in [-0.2, 0) is 18.0 Å². The van der Waals surface area contributed by atoms with E-state index in [1.54, 1.807) is 11.3 Å². The number of fused-ring (bicyclic) bond motifs is 1. The van der Waals surface area contributed by atoms with E-state index in [9.17, 15) is 0 Å². The number of nitrogens with zero attached hydrogens (tertiary/aromatic N) is 2. The summed E-state index contributed by atoms with van der Waals surface area (Å²) in [7, 11) is 0. The Bertz CT molecular complexity index is 718. The summed E-state index contributed by atoms with van der Waals surface area (Å²) in [5, 5.41) is 9.32. The SMILES string of the molecule is c1csc(-c2nc(-c3ccc4c(c3)COC4)n[nH]2)c1. The van der Waals surface area contributed by atoms with Crippen molar-refractivity contribution in [2.24, 2.45) is 0 Å². The van der Waals surface area contributed by atoms with Crippen LogP contribution < -0.4 is 0 Å². The van der Waals surface area contributed by atoms with Crippen LogP contribution in [0.1, 0.15) is 11.1 Å². The van der Waals surface area contributed by atoms with Gasteiger partial charge in [0, 0.05) is 5.56 Å². The van der Waals surface area contributed by atoms with Crippen molar-refractivity contribution in [2.45, 2.75) is 13.2 Å². The molecule has 0 radical (unpaired) electrons. The van der Waals surface area contributed by atoms with Gasteiger partial charge in [0.15, 0.2) is 11.6 Å². The maximum absolute atomic E-state index is 5.42. The van der Waals surface area contributed by atoms with Crippen molar-refractivity contribution in [3.05, 3.63) is 46.8 Å². The molecule has 0 saturated carbocycles. The summed E-state index contributed by atoms with van der Waals surface area (Å²) in [4.78, 5) is 5.65. The first-order chi connectivity index (χ1) is 9.40. The number of hydrogen-bond donors (Lipinski definition) is 1. The van der Waals surface area contributed by atoms with Gasteiger partial charge in [-0.05, 0) is 28.6 Å². The van der Waals surface area contributed by atoms with Crippen LogP contribution in [-0.4, -0.2) is 15.2 Å². The Morgan fingerprint density at radius 2 is 2.11 bits per heavy atom. The van der Waals surface area contributed by atoms with Crippen molar-refractivity contribution in [1.82, 2.24) is 15.2 Å². The average Bonchev–Trinajstić information content (AvgIpc) is 3.18. The van der Waals surface area contributed by atoms with Crippen LogP contribution in [0.2, 0.25) is 0 Å². The summed E-state index contributed by atoms with van der Waals surface area (Å²) in [6, 6.07) is 10.3. The highest BCUT2D eigenvalue weighted by molar-refractivity contribution is 7.13. The monoisotopic (exact) mass is 269 g/mol. The number of benzene rings is 1. The number of thiophene rings is 1. The average molecular weight is 269 g/mol. The third kappa shape index (κ3) is 1.87. The van der Waals surface area contributed by atoms with Gasteiger partial charge in [0.1, 0.15) is 0 Å². The number of rotatable bonds is 2. The van der Waals surface area contributed by atoms with Crippen LogP contribution >= 0.6 is 11.3 Å². The summed E-state index contributed by atoms with van der Waals surface area (Å²) in [5.74, 6) is 1.56. The molecule has 1 aromatic carbocycles. The quantitative estimate of drug-likeness (QED) is 0.777. The third-order valence-electron chi connectivity index (χ3n) is 3.22. The predicted molar refractivity (Wildman–Crippen MR) is 73.6 cm³/mol. The van der Waals surface area contributed by atoms with E-state index in [0.29, 0.717) is 13.2 Å². The van der Waals surface area contributed by atoms with Gasteiger partial charge in [0.05, 0.1) is 18.1 Å². The number of ether oxygens (including phenoxy) is 1. The summed E-state index contributed by atoms with van der Waals surface area (Å²) in [5.41, 5.74) is 3.53. The summed E-state index contributed by atoms with van der Waals surface area (Å²) in [6.45, 7) is 1.40. The molecule has 4 rings (SSSR count). The fourth-order valence-corrected chi connectivity index (χ4v) is 2.89. The van der Waals surface area contributed by atoms with Gasteiger partial charge < -0.3 is 4.74 Å². The van der Waals surface area contributed by atoms with Gasteiger partial charge in [0.25, 0.3) is 0 Å². The molecule has 0 saturated heterocycles. The number of aromatic nitrogens is 3. The Morgan fingerprint density at radius 1 is 1.16 bits per heavy atom. The minimum absolute atomic E-state index is 0.686. The summed E-state index contributed by atoms with van der Waals surface area (Å²) in [6.07, 6.45) is 0. The van der Waals surface area contributed by atoms with Crippen LogP contribution in [0.25, 0.3) is 22.1 Å². The minimum atomic E-state index is 0.686. The second kappa shape index (κ2) is 4.29. The lowest BCUT2D eigenvalue weighted by molar-refractivity contribution is 0.134. The van der Waals surface area contributed by atoms with Gasteiger partial charge in [-0.15, -0.1) is 11.3 Å². The molecule has 1 aliphatic rings. The molecule has 94 valence electrons. The van der Waals surface area contributed by atoms with Crippen molar-refractivity contribution >= 4 is 11.3 Å². The Balaban J connectivity index is 1.73. The standard InChI is InChI=1S/C14H11N3OS/c1-2-12(19-5-1)14-15-13(16-17-14)9-3-4-10-7-18-8-11(10)6-9/h1-6H,7-8H2,(H,15,16,17). The molecule has 2 aromatic heterocycles. The normalized spacial score (nSPS) is 13.7. The van der Waals surface area contributed by atoms with Gasteiger partial charge in [-0.1, -0.05) is 18.2 Å². The molecule has 1 N–H and O–H groups in total. The van der Waals surface area contributed by atoms with Crippen molar-refractivity contribution in [3.63, 3.8) is 0 Å². The van der Waals surface area contributed by atoms with E-state index in [1.807, 2.05) is 17.5 Å². The zero-order valence-corrected chi connectivity index (χ0v) is 10.9. The first-order valence-corrected chi connectivity index (χ1v) is 6.94. The summed E-state index contributed by atoms with van der Waals surface area (Å²) >= 11 is 1.65. The maximum Gasteiger partial charge on any atom is 0.181 e. The van der Waals surface area contributed by atoms with Crippen LogP contribution in [0.4, 0.5) is 0 Å². The molecule has 4 nitrogen and oxygen atoms in total. The highest BCUT2D eigenvalue weighted by atomic mass is 32.1. The number of aromatic amines is 1. The van der Waals surface area contributed by atoms with Gasteiger partial charge in [0.2, 0.25) is 0 Å². The number of H-pyrrole nitrogens is 1. The minimum Gasteiger partial charge on any atom is -0.372 e. The smallest absolute Gasteiger partial charge is 0.181 e. The van der Waals surface area contributed by atoms with E-state index < -0.39 is 0 Å². The lowest BCUT2D eigenvalue weighted by Gasteiger charge is -1.99. The van der Waals surface area contributed by atoms with Crippen molar-refractivity contribution in [2.75, 3.05) is 0 Å². The fourth-order valence-electron chi connectivity index (χ4n) is 2.23. The van der Waals surface area contributed by atoms with Crippen LogP contribution in [0.15, 0.2) is 35.7 Å². The third-order valence-corrected chi connectivity index (χ3v) is 4.10. The van der Waals surface area contributed by atoms with E-state index in [0.717, 1.165) is 22.1 Å². The molecule has 0 amide bonds. The number of hydrogen-bond acceptors (Lipinski definition) is 4. The zero-order chi connectivity index (χ0) is 12.7. The molecule has 19 heavy (non-hydrogen) atoms. The molecule has 0 spiro atoms. The van der Waals surface area contributed by atoms with Crippen LogP contribution in [0, 0.1) is 0 Å². The van der Waals surface area contributed by atoms with Gasteiger partial charge >= 0.3 is 0 Å². The van der Waals surface area contributed by atoms with Gasteiger partial charge in [-0.25, -0.2) is 4.98 Å². The van der Waals surface area contributed by atoms with Crippen molar-refractivity contribution in [3.8, 4) is 22.1 Å². The Labute approximate surface area is 114 Å². The molecule has 3 heterocycles. The zero-order valence-electron chi connectivity index (χ0n) is 10.1. The van der Waals surface area contributed by atoms with Crippen LogP contribution in [0.3, 0.4) is 0 Å². The largest absolute Gasteiger partial charge is 0.372 e. The lowest BCUT2D eigenvalue weighted by atomic mass is 10.1. The van der Waals surface area contributed by atoms with Gasteiger partial charge in [-0.2, -0.15) is 5.10 Å². The van der Waals surface area contributed by atoms with Crippen molar-refractivity contribution in [1.29, 1.82) is 0 Å². The molecule has 0 unspecified atom stereocenters. The van der Waals surface area contributed by atoms with Crippen LogP contribution in [0.5, 0.6) is 0 Å². The molecule has 3 aromatic rings. The highest BCUT2D eigenvalue weighted by Gasteiger charge is 2.14. The van der Waals surface area contributed by atoms with E-state index in [-0.39, 0.29) is 0 Å². The first kappa shape index (κ1) is 10.9. The van der Waals surface area contributed by atoms with E-state index in [4.69, 9.17) is 4.74 Å². The number of nitrogens with one attached hydrogen (secondary N) is 1. The summed E-state index contributed by atoms with van der Waals surface area (Å²) < 4.78 is 5.42. The highest BCUT2D eigenvalue weighted by Crippen LogP contribution is 2.27. The second-order valence-corrected chi connectivity index (χ2v) is 5.41.